The van der Waals surface area contributed by atoms with Gasteiger partial charge in [0.1, 0.15) is 0 Å². The number of fused-ring (bicyclic) bond motifs is 5. The normalized spacial score (nSPS) is 16.9. The molecule has 1 aromatic heterocycles. The maximum Gasteiger partial charge on any atom is 0.262 e. The van der Waals surface area contributed by atoms with Gasteiger partial charge in [0, 0.05) is 40.7 Å². The molecule has 2 heterocycles. The van der Waals surface area contributed by atoms with Crippen molar-refractivity contribution >= 4 is 35.0 Å². The molecule has 1 N–H and O–H groups in total. The van der Waals surface area contributed by atoms with Crippen molar-refractivity contribution in [2.45, 2.75) is 63.8 Å². The summed E-state index contributed by atoms with van der Waals surface area (Å²) in [6, 6.07) is 15.1. The number of hydrogen-bond donors (Lipinski definition) is 1. The van der Waals surface area contributed by atoms with Gasteiger partial charge in [-0.25, -0.2) is 4.31 Å². The van der Waals surface area contributed by atoms with Crippen molar-refractivity contribution in [2.75, 3.05) is 14.1 Å². The second-order valence-corrected chi connectivity index (χ2v) is 10.9. The number of benzene rings is 2. The Balaban J connectivity index is 1.67. The number of nitrogens with zero attached hydrogens (tertiary/aromatic N) is 2. The minimum absolute atomic E-state index is 0.0512. The predicted molar refractivity (Wildman–Crippen MR) is 145 cm³/mol. The van der Waals surface area contributed by atoms with Gasteiger partial charge in [-0.2, -0.15) is 0 Å². The first-order valence-electron chi connectivity index (χ1n) is 12.7. The Morgan fingerprint density at radius 1 is 1.00 bits per heavy atom. The van der Waals surface area contributed by atoms with Gasteiger partial charge in [0.15, 0.2) is 0 Å². The molecule has 34 heavy (non-hydrogen) atoms. The molecule has 1 aliphatic carbocycles. The molecule has 0 saturated heterocycles. The van der Waals surface area contributed by atoms with Crippen molar-refractivity contribution < 1.29 is 4.79 Å². The second-order valence-electron chi connectivity index (χ2n) is 9.82. The number of nitrogens with one attached hydrogen (secondary N) is 1. The Labute approximate surface area is 207 Å². The van der Waals surface area contributed by atoms with Crippen molar-refractivity contribution in [3.8, 4) is 11.3 Å². The van der Waals surface area contributed by atoms with Gasteiger partial charge in [0.05, 0.1) is 5.69 Å². The predicted octanol–water partition coefficient (Wildman–Crippen LogP) is 7.41. The first kappa shape index (κ1) is 23.3. The average molecular weight is 474 g/mol. The molecule has 0 radical (unpaired) electrons. The number of rotatable bonds is 4. The van der Waals surface area contributed by atoms with Crippen LogP contribution in [0.3, 0.4) is 0 Å². The lowest BCUT2D eigenvalue weighted by Crippen LogP contribution is -2.20. The molecule has 5 heteroatoms. The molecule has 1 aliphatic heterocycles. The first-order chi connectivity index (χ1) is 16.6. The van der Waals surface area contributed by atoms with E-state index in [1.54, 1.807) is 0 Å². The Morgan fingerprint density at radius 3 is 2.50 bits per heavy atom. The van der Waals surface area contributed by atoms with Gasteiger partial charge in [-0.3, -0.25) is 9.52 Å². The zero-order chi connectivity index (χ0) is 23.5. The van der Waals surface area contributed by atoms with Crippen LogP contribution in [0.15, 0.2) is 48.5 Å². The smallest absolute Gasteiger partial charge is 0.262 e. The Kier molecular flexibility index (Phi) is 7.12. The lowest BCUT2D eigenvalue weighted by atomic mass is 9.85. The molecule has 2 aliphatic rings. The standard InChI is InChI=1S/C29H35N3OS/c1-31(2)34-30-29(33)23-17-18-25-26(20-23)32-19-11-15-21-12-9-10-16-24(21)28(32)27(25)22-13-7-5-3-4-6-8-14-22/h9-12,15-18,20,22H,3-8,13-14,19H2,1-2H3,(H,30,33). The van der Waals surface area contributed by atoms with Crippen LogP contribution in [-0.4, -0.2) is 28.9 Å². The van der Waals surface area contributed by atoms with Crippen LogP contribution in [0.4, 0.5) is 0 Å². The third-order valence-electron chi connectivity index (χ3n) is 7.25. The topological polar surface area (TPSA) is 37.3 Å². The lowest BCUT2D eigenvalue weighted by molar-refractivity contribution is 0.0983. The third-order valence-corrected chi connectivity index (χ3v) is 7.89. The van der Waals surface area contributed by atoms with E-state index in [0.29, 0.717) is 11.5 Å². The van der Waals surface area contributed by atoms with E-state index in [1.165, 1.54) is 96.8 Å². The van der Waals surface area contributed by atoms with Crippen molar-refractivity contribution in [1.29, 1.82) is 0 Å². The number of carbonyl (C=O) groups excluding carboxylic acids is 1. The third kappa shape index (κ3) is 4.69. The Morgan fingerprint density at radius 2 is 1.74 bits per heavy atom. The molecule has 0 bridgehead atoms. The van der Waals surface area contributed by atoms with E-state index in [2.05, 4.69) is 57.8 Å². The van der Waals surface area contributed by atoms with Crippen LogP contribution in [0, 0.1) is 0 Å². The summed E-state index contributed by atoms with van der Waals surface area (Å²) in [5, 5.41) is 1.32. The Hall–Kier alpha value is -2.50. The molecular formula is C29H35N3OS. The number of aromatic nitrogens is 1. The van der Waals surface area contributed by atoms with E-state index in [4.69, 9.17) is 0 Å². The molecule has 0 unspecified atom stereocenters. The van der Waals surface area contributed by atoms with Gasteiger partial charge in [0.2, 0.25) is 0 Å². The van der Waals surface area contributed by atoms with E-state index in [1.807, 2.05) is 24.5 Å². The van der Waals surface area contributed by atoms with Crippen LogP contribution >= 0.6 is 12.1 Å². The van der Waals surface area contributed by atoms with Crippen LogP contribution in [-0.2, 0) is 6.54 Å². The van der Waals surface area contributed by atoms with E-state index < -0.39 is 0 Å². The molecule has 1 saturated carbocycles. The zero-order valence-electron chi connectivity index (χ0n) is 20.3. The first-order valence-corrected chi connectivity index (χ1v) is 13.5. The minimum Gasteiger partial charge on any atom is -0.336 e. The molecule has 0 atom stereocenters. The quantitative estimate of drug-likeness (QED) is 0.401. The number of allylic oxidation sites excluding steroid dienone is 1. The molecule has 3 aromatic rings. The van der Waals surface area contributed by atoms with Gasteiger partial charge in [-0.1, -0.05) is 81.0 Å². The highest BCUT2D eigenvalue weighted by atomic mass is 32.2. The van der Waals surface area contributed by atoms with Crippen LogP contribution in [0.1, 0.15) is 78.8 Å². The molecule has 178 valence electrons. The number of amides is 1. The average Bonchev–Trinajstić information content (AvgIpc) is 3.12. The number of hydrogen-bond acceptors (Lipinski definition) is 3. The van der Waals surface area contributed by atoms with Crippen molar-refractivity contribution in [1.82, 2.24) is 13.6 Å². The SMILES string of the molecule is CN(C)SNC(=O)c1ccc2c(C3CCCCCCCC3)c3n(c2c1)CC=Cc1ccccc1-3. The summed E-state index contributed by atoms with van der Waals surface area (Å²) in [5.41, 5.74) is 7.35. The highest BCUT2D eigenvalue weighted by molar-refractivity contribution is 7.95. The van der Waals surface area contributed by atoms with E-state index in [0.717, 1.165) is 6.54 Å². The summed E-state index contributed by atoms with van der Waals surface area (Å²) in [4.78, 5) is 12.9. The molecule has 5 rings (SSSR count). The fourth-order valence-electron chi connectivity index (χ4n) is 5.67. The minimum atomic E-state index is -0.0512. The lowest BCUT2D eigenvalue weighted by Gasteiger charge is -2.20. The summed E-state index contributed by atoms with van der Waals surface area (Å²) in [7, 11) is 3.85. The maximum atomic E-state index is 12.9. The zero-order valence-corrected chi connectivity index (χ0v) is 21.2. The Bertz CT molecular complexity index is 1200. The summed E-state index contributed by atoms with van der Waals surface area (Å²) < 4.78 is 7.28. The van der Waals surface area contributed by atoms with Crippen LogP contribution < -0.4 is 4.72 Å². The summed E-state index contributed by atoms with van der Waals surface area (Å²) in [6.45, 7) is 0.824. The molecule has 4 nitrogen and oxygen atoms in total. The largest absolute Gasteiger partial charge is 0.336 e. The van der Waals surface area contributed by atoms with E-state index >= 15 is 0 Å². The van der Waals surface area contributed by atoms with Crippen LogP contribution in [0.25, 0.3) is 28.2 Å². The van der Waals surface area contributed by atoms with Crippen LogP contribution in [0.2, 0.25) is 0 Å². The highest BCUT2D eigenvalue weighted by Crippen LogP contribution is 2.45. The van der Waals surface area contributed by atoms with E-state index in [9.17, 15) is 4.79 Å². The second kappa shape index (κ2) is 10.4. The molecule has 1 amide bonds. The van der Waals surface area contributed by atoms with Gasteiger partial charge >= 0.3 is 0 Å². The highest BCUT2D eigenvalue weighted by Gasteiger charge is 2.27. The van der Waals surface area contributed by atoms with Gasteiger partial charge < -0.3 is 4.57 Å². The van der Waals surface area contributed by atoms with Gasteiger partial charge in [-0.05, 0) is 56.1 Å². The van der Waals surface area contributed by atoms with Gasteiger partial charge in [-0.15, -0.1) is 0 Å². The van der Waals surface area contributed by atoms with Gasteiger partial charge in [0.25, 0.3) is 5.91 Å². The van der Waals surface area contributed by atoms with Crippen molar-refractivity contribution in [2.24, 2.45) is 0 Å². The summed E-state index contributed by atoms with van der Waals surface area (Å²) in [5.74, 6) is 0.511. The molecule has 2 aromatic carbocycles. The van der Waals surface area contributed by atoms with Crippen molar-refractivity contribution in [3.63, 3.8) is 0 Å². The number of carbonyl (C=O) groups is 1. The van der Waals surface area contributed by atoms with Crippen molar-refractivity contribution in [3.05, 3.63) is 65.2 Å². The summed E-state index contributed by atoms with van der Waals surface area (Å²) in [6.07, 6.45) is 15.1. The molecule has 1 fully saturated rings. The monoisotopic (exact) mass is 473 g/mol. The van der Waals surface area contributed by atoms with Crippen LogP contribution in [0.5, 0.6) is 0 Å². The van der Waals surface area contributed by atoms with E-state index in [-0.39, 0.29) is 5.91 Å². The molecular weight excluding hydrogens is 438 g/mol. The fourth-order valence-corrected chi connectivity index (χ4v) is 6.05. The maximum absolute atomic E-state index is 12.9. The summed E-state index contributed by atoms with van der Waals surface area (Å²) >= 11 is 1.31. The fraction of sp³-hybridized carbons (Fsp3) is 0.414. The molecule has 0 spiro atoms.